The number of anilines is 1. The van der Waals surface area contributed by atoms with Gasteiger partial charge in [0.15, 0.2) is 0 Å². The number of nitrogens with two attached hydrogens (primary N) is 1. The number of hydrogen-bond donors (Lipinski definition) is 2. The van der Waals surface area contributed by atoms with Crippen LogP contribution in [-0.4, -0.2) is 11.7 Å². The van der Waals surface area contributed by atoms with E-state index in [-0.39, 0.29) is 11.9 Å². The lowest BCUT2D eigenvalue weighted by molar-refractivity contribution is -0.119. The Morgan fingerprint density at radius 3 is 2.67 bits per heavy atom. The van der Waals surface area contributed by atoms with Gasteiger partial charge in [-0.3, -0.25) is 4.79 Å². The van der Waals surface area contributed by atoms with Crippen LogP contribution in [0.1, 0.15) is 24.1 Å². The first kappa shape index (κ1) is 15.4. The van der Waals surface area contributed by atoms with Gasteiger partial charge in [-0.2, -0.15) is 0 Å². The van der Waals surface area contributed by atoms with E-state index in [1.807, 2.05) is 62.4 Å². The maximum atomic E-state index is 12.0. The van der Waals surface area contributed by atoms with Crippen molar-refractivity contribution in [3.8, 4) is 0 Å². The van der Waals surface area contributed by atoms with E-state index in [2.05, 4.69) is 5.32 Å². The molecule has 0 aliphatic carbocycles. The normalized spacial score (nSPS) is 11.9. The summed E-state index contributed by atoms with van der Waals surface area (Å²) in [5, 5.41) is 3.00. The van der Waals surface area contributed by atoms with Crippen LogP contribution in [0.25, 0.3) is 0 Å². The maximum absolute atomic E-state index is 12.0. The van der Waals surface area contributed by atoms with Crippen molar-refractivity contribution in [3.63, 3.8) is 0 Å². The monoisotopic (exact) mass is 300 g/mol. The standard InChI is InChI=1S/C17H20N2OS/c1-12-8-9-15(18)16(10-12)21-11-17(20)19-13(2)14-6-4-3-5-7-14/h3-10,13H,11,18H2,1-2H3,(H,19,20). The molecule has 0 saturated heterocycles. The van der Waals surface area contributed by atoms with Gasteiger partial charge in [0.05, 0.1) is 11.8 Å². The zero-order chi connectivity index (χ0) is 15.2. The molecule has 4 heteroatoms. The average molecular weight is 300 g/mol. The van der Waals surface area contributed by atoms with Gasteiger partial charge in [-0.15, -0.1) is 11.8 Å². The summed E-state index contributed by atoms with van der Waals surface area (Å²) < 4.78 is 0. The summed E-state index contributed by atoms with van der Waals surface area (Å²) in [6, 6.07) is 15.8. The molecular weight excluding hydrogens is 280 g/mol. The van der Waals surface area contributed by atoms with Gasteiger partial charge in [-0.05, 0) is 37.1 Å². The van der Waals surface area contributed by atoms with Gasteiger partial charge < -0.3 is 11.1 Å². The van der Waals surface area contributed by atoms with Gasteiger partial charge in [-0.25, -0.2) is 0 Å². The van der Waals surface area contributed by atoms with E-state index >= 15 is 0 Å². The molecule has 0 fully saturated rings. The molecule has 2 aromatic rings. The highest BCUT2D eigenvalue weighted by atomic mass is 32.2. The summed E-state index contributed by atoms with van der Waals surface area (Å²) in [5.74, 6) is 0.377. The highest BCUT2D eigenvalue weighted by molar-refractivity contribution is 8.00. The fraction of sp³-hybridized carbons (Fsp3) is 0.235. The summed E-state index contributed by atoms with van der Waals surface area (Å²) >= 11 is 1.47. The van der Waals surface area contributed by atoms with E-state index in [4.69, 9.17) is 5.73 Å². The quantitative estimate of drug-likeness (QED) is 0.656. The van der Waals surface area contributed by atoms with Crippen LogP contribution in [0.4, 0.5) is 5.69 Å². The largest absolute Gasteiger partial charge is 0.398 e. The Bertz CT molecular complexity index is 613. The van der Waals surface area contributed by atoms with Gasteiger partial charge in [0.25, 0.3) is 0 Å². The molecular formula is C17H20N2OS. The number of benzene rings is 2. The number of nitrogens with one attached hydrogen (secondary N) is 1. The molecule has 1 amide bonds. The first-order chi connectivity index (χ1) is 10.1. The number of amides is 1. The van der Waals surface area contributed by atoms with Crippen LogP contribution in [0.3, 0.4) is 0 Å². The minimum atomic E-state index is 0.00848. The van der Waals surface area contributed by atoms with Crippen molar-refractivity contribution < 1.29 is 4.79 Å². The highest BCUT2D eigenvalue weighted by Crippen LogP contribution is 2.26. The topological polar surface area (TPSA) is 55.1 Å². The van der Waals surface area contributed by atoms with Crippen LogP contribution < -0.4 is 11.1 Å². The van der Waals surface area contributed by atoms with E-state index in [0.717, 1.165) is 21.7 Å². The number of thioether (sulfide) groups is 1. The van der Waals surface area contributed by atoms with Crippen molar-refractivity contribution in [2.24, 2.45) is 0 Å². The number of aryl methyl sites for hydroxylation is 1. The van der Waals surface area contributed by atoms with Gasteiger partial charge in [-0.1, -0.05) is 36.4 Å². The lowest BCUT2D eigenvalue weighted by Crippen LogP contribution is -2.28. The number of carbonyl (C=O) groups excluding carboxylic acids is 1. The van der Waals surface area contributed by atoms with Crippen molar-refractivity contribution >= 4 is 23.4 Å². The number of hydrogen-bond acceptors (Lipinski definition) is 3. The predicted molar refractivity (Wildman–Crippen MR) is 89.3 cm³/mol. The predicted octanol–water partition coefficient (Wildman–Crippen LogP) is 3.55. The van der Waals surface area contributed by atoms with E-state index in [1.54, 1.807) is 0 Å². The lowest BCUT2D eigenvalue weighted by atomic mass is 10.1. The van der Waals surface area contributed by atoms with Crippen LogP contribution in [0.5, 0.6) is 0 Å². The average Bonchev–Trinajstić information content (AvgIpc) is 2.49. The molecule has 0 bridgehead atoms. The summed E-state index contributed by atoms with van der Waals surface area (Å²) in [5.41, 5.74) is 8.88. The molecule has 21 heavy (non-hydrogen) atoms. The summed E-state index contributed by atoms with van der Waals surface area (Å²) in [4.78, 5) is 13.0. The minimum absolute atomic E-state index is 0.00848. The third-order valence-electron chi connectivity index (χ3n) is 3.20. The molecule has 0 aliphatic heterocycles. The molecule has 0 spiro atoms. The van der Waals surface area contributed by atoms with Crippen LogP contribution >= 0.6 is 11.8 Å². The van der Waals surface area contributed by atoms with E-state index < -0.39 is 0 Å². The van der Waals surface area contributed by atoms with Gasteiger partial charge >= 0.3 is 0 Å². The molecule has 3 nitrogen and oxygen atoms in total. The fourth-order valence-corrected chi connectivity index (χ4v) is 2.89. The Morgan fingerprint density at radius 2 is 1.95 bits per heavy atom. The van der Waals surface area contributed by atoms with E-state index in [9.17, 15) is 4.79 Å². The molecule has 3 N–H and O–H groups in total. The van der Waals surface area contributed by atoms with Gasteiger partial charge in [0, 0.05) is 10.6 Å². The molecule has 0 radical (unpaired) electrons. The molecule has 0 heterocycles. The molecule has 1 unspecified atom stereocenters. The van der Waals surface area contributed by atoms with Crippen LogP contribution in [-0.2, 0) is 4.79 Å². The maximum Gasteiger partial charge on any atom is 0.230 e. The molecule has 1 atom stereocenters. The van der Waals surface area contributed by atoms with Crippen molar-refractivity contribution in [2.45, 2.75) is 24.8 Å². The Kier molecular flexibility index (Phi) is 5.28. The first-order valence-corrected chi connectivity index (χ1v) is 7.88. The number of nitrogen functional groups attached to an aromatic ring is 1. The van der Waals surface area contributed by atoms with Crippen LogP contribution in [0, 0.1) is 6.92 Å². The summed E-state index contributed by atoms with van der Waals surface area (Å²) in [6.45, 7) is 4.00. The minimum Gasteiger partial charge on any atom is -0.398 e. The van der Waals surface area contributed by atoms with Crippen molar-refractivity contribution in [1.82, 2.24) is 5.32 Å². The number of rotatable bonds is 5. The molecule has 110 valence electrons. The molecule has 2 rings (SSSR count). The third kappa shape index (κ3) is 4.53. The Morgan fingerprint density at radius 1 is 1.24 bits per heavy atom. The van der Waals surface area contributed by atoms with Crippen molar-refractivity contribution in [1.29, 1.82) is 0 Å². The van der Waals surface area contributed by atoms with Crippen LogP contribution in [0.2, 0.25) is 0 Å². The third-order valence-corrected chi connectivity index (χ3v) is 4.28. The van der Waals surface area contributed by atoms with Gasteiger partial charge in [0.1, 0.15) is 0 Å². The fourth-order valence-electron chi connectivity index (χ4n) is 2.02. The van der Waals surface area contributed by atoms with Crippen molar-refractivity contribution in [3.05, 3.63) is 59.7 Å². The SMILES string of the molecule is Cc1ccc(N)c(SCC(=O)NC(C)c2ccccc2)c1. The second kappa shape index (κ2) is 7.18. The van der Waals surface area contributed by atoms with Gasteiger partial charge in [0.2, 0.25) is 5.91 Å². The van der Waals surface area contributed by atoms with Crippen molar-refractivity contribution in [2.75, 3.05) is 11.5 Å². The van der Waals surface area contributed by atoms with E-state index in [0.29, 0.717) is 5.75 Å². The second-order valence-corrected chi connectivity index (χ2v) is 6.05. The Balaban J connectivity index is 1.89. The zero-order valence-electron chi connectivity index (χ0n) is 12.3. The molecule has 0 saturated carbocycles. The number of carbonyl (C=O) groups is 1. The lowest BCUT2D eigenvalue weighted by Gasteiger charge is -2.14. The smallest absolute Gasteiger partial charge is 0.230 e. The molecule has 2 aromatic carbocycles. The molecule has 0 aliphatic rings. The summed E-state index contributed by atoms with van der Waals surface area (Å²) in [6.07, 6.45) is 0. The highest BCUT2D eigenvalue weighted by Gasteiger charge is 2.10. The Hall–Kier alpha value is -1.94. The summed E-state index contributed by atoms with van der Waals surface area (Å²) in [7, 11) is 0. The van der Waals surface area contributed by atoms with Crippen LogP contribution in [0.15, 0.2) is 53.4 Å². The first-order valence-electron chi connectivity index (χ1n) is 6.89. The molecule has 0 aromatic heterocycles. The zero-order valence-corrected chi connectivity index (χ0v) is 13.1. The van der Waals surface area contributed by atoms with E-state index in [1.165, 1.54) is 11.8 Å². The Labute approximate surface area is 129 Å². The second-order valence-electron chi connectivity index (χ2n) is 5.03.